The molecule has 0 radical (unpaired) electrons. The van der Waals surface area contributed by atoms with Gasteiger partial charge in [-0.2, -0.15) is 0 Å². The van der Waals surface area contributed by atoms with Crippen LogP contribution in [0.4, 0.5) is 5.82 Å². The molecule has 1 heterocycles. The van der Waals surface area contributed by atoms with E-state index in [9.17, 15) is 0 Å². The Hall–Kier alpha value is -3.13. The summed E-state index contributed by atoms with van der Waals surface area (Å²) in [5, 5.41) is 6.18. The first-order valence-electron chi connectivity index (χ1n) is 8.54. The molecular formula is C23H20N2. The van der Waals surface area contributed by atoms with E-state index in [1.54, 1.807) is 0 Å². The molecule has 1 atom stereocenters. The number of nitrogens with one attached hydrogen (secondary N) is 1. The van der Waals surface area contributed by atoms with E-state index in [2.05, 4.69) is 96.1 Å². The Morgan fingerprint density at radius 2 is 1.52 bits per heavy atom. The number of nitrogens with zero attached hydrogens (tertiary/aromatic N) is 1. The number of anilines is 1. The van der Waals surface area contributed by atoms with Crippen molar-refractivity contribution in [2.75, 3.05) is 5.32 Å². The van der Waals surface area contributed by atoms with Crippen LogP contribution in [0, 0.1) is 6.92 Å². The summed E-state index contributed by atoms with van der Waals surface area (Å²) in [6, 6.07) is 29.7. The lowest BCUT2D eigenvalue weighted by atomic mass is 9.93. The summed E-state index contributed by atoms with van der Waals surface area (Å²) in [7, 11) is 0. The predicted molar refractivity (Wildman–Crippen MR) is 105 cm³/mol. The van der Waals surface area contributed by atoms with Gasteiger partial charge < -0.3 is 5.32 Å². The molecule has 1 aromatic heterocycles. The highest BCUT2D eigenvalue weighted by Gasteiger charge is 2.17. The van der Waals surface area contributed by atoms with Gasteiger partial charge in [0.15, 0.2) is 0 Å². The second-order valence-electron chi connectivity index (χ2n) is 6.23. The Morgan fingerprint density at radius 3 is 2.36 bits per heavy atom. The van der Waals surface area contributed by atoms with Gasteiger partial charge in [-0.05, 0) is 40.5 Å². The molecule has 4 aromatic rings. The van der Waals surface area contributed by atoms with Gasteiger partial charge in [0.25, 0.3) is 0 Å². The fraction of sp³-hybridized carbons (Fsp3) is 0.0870. The molecule has 25 heavy (non-hydrogen) atoms. The highest BCUT2D eigenvalue weighted by Crippen LogP contribution is 2.32. The molecule has 122 valence electrons. The minimum atomic E-state index is 0.0425. The van der Waals surface area contributed by atoms with E-state index in [1.165, 1.54) is 21.9 Å². The molecule has 2 heteroatoms. The number of pyridine rings is 1. The number of fused-ring (bicyclic) bond motifs is 1. The largest absolute Gasteiger partial charge is 0.359 e. The molecule has 0 aliphatic carbocycles. The molecule has 0 amide bonds. The highest BCUT2D eigenvalue weighted by molar-refractivity contribution is 5.87. The summed E-state index contributed by atoms with van der Waals surface area (Å²) in [4.78, 5) is 4.54. The third kappa shape index (κ3) is 3.11. The zero-order chi connectivity index (χ0) is 17.1. The minimum Gasteiger partial charge on any atom is -0.359 e. The first-order chi connectivity index (χ1) is 12.3. The third-order valence-corrected chi connectivity index (χ3v) is 4.56. The summed E-state index contributed by atoms with van der Waals surface area (Å²) < 4.78 is 0. The maximum absolute atomic E-state index is 4.54. The van der Waals surface area contributed by atoms with Crippen LogP contribution in [0.25, 0.3) is 10.8 Å². The quantitative estimate of drug-likeness (QED) is 0.517. The van der Waals surface area contributed by atoms with Crippen LogP contribution in [0.15, 0.2) is 91.1 Å². The van der Waals surface area contributed by atoms with E-state index in [1.807, 2.05) is 12.3 Å². The molecular weight excluding hydrogens is 304 g/mol. The van der Waals surface area contributed by atoms with Crippen molar-refractivity contribution in [3.63, 3.8) is 0 Å². The summed E-state index contributed by atoms with van der Waals surface area (Å²) >= 11 is 0. The van der Waals surface area contributed by atoms with Gasteiger partial charge in [-0.3, -0.25) is 0 Å². The third-order valence-electron chi connectivity index (χ3n) is 4.56. The van der Waals surface area contributed by atoms with E-state index in [4.69, 9.17) is 0 Å². The molecule has 0 bridgehead atoms. The van der Waals surface area contributed by atoms with Crippen LogP contribution in [-0.4, -0.2) is 4.98 Å². The van der Waals surface area contributed by atoms with Crippen molar-refractivity contribution >= 4 is 16.6 Å². The summed E-state index contributed by atoms with van der Waals surface area (Å²) in [5.74, 6) is 0.921. The van der Waals surface area contributed by atoms with Crippen LogP contribution in [0.3, 0.4) is 0 Å². The van der Waals surface area contributed by atoms with Crippen molar-refractivity contribution < 1.29 is 0 Å². The lowest BCUT2D eigenvalue weighted by molar-refractivity contribution is 0.932. The number of rotatable bonds is 4. The average Bonchev–Trinajstić information content (AvgIpc) is 2.68. The molecule has 0 aliphatic rings. The van der Waals surface area contributed by atoms with Gasteiger partial charge in [0.05, 0.1) is 6.04 Å². The maximum Gasteiger partial charge on any atom is 0.129 e. The first-order valence-corrected chi connectivity index (χ1v) is 8.54. The average molecular weight is 324 g/mol. The smallest absolute Gasteiger partial charge is 0.129 e. The van der Waals surface area contributed by atoms with E-state index in [-0.39, 0.29) is 6.04 Å². The monoisotopic (exact) mass is 324 g/mol. The van der Waals surface area contributed by atoms with Gasteiger partial charge in [-0.1, -0.05) is 78.9 Å². The highest BCUT2D eigenvalue weighted by atomic mass is 15.0. The van der Waals surface area contributed by atoms with Gasteiger partial charge in [0, 0.05) is 6.20 Å². The Kier molecular flexibility index (Phi) is 4.17. The number of hydrogen-bond acceptors (Lipinski definition) is 2. The van der Waals surface area contributed by atoms with E-state index < -0.39 is 0 Å². The topological polar surface area (TPSA) is 24.9 Å². The van der Waals surface area contributed by atoms with Gasteiger partial charge >= 0.3 is 0 Å². The van der Waals surface area contributed by atoms with Crippen molar-refractivity contribution in [2.45, 2.75) is 13.0 Å². The fourth-order valence-corrected chi connectivity index (χ4v) is 3.26. The van der Waals surface area contributed by atoms with Gasteiger partial charge in [-0.25, -0.2) is 4.98 Å². The second-order valence-corrected chi connectivity index (χ2v) is 6.23. The van der Waals surface area contributed by atoms with Crippen LogP contribution >= 0.6 is 0 Å². The van der Waals surface area contributed by atoms with E-state index in [0.29, 0.717) is 0 Å². The second kappa shape index (κ2) is 6.78. The lowest BCUT2D eigenvalue weighted by Gasteiger charge is -2.23. The Balaban J connectivity index is 1.87. The van der Waals surface area contributed by atoms with Crippen molar-refractivity contribution in [3.05, 3.63) is 108 Å². The maximum atomic E-state index is 4.54. The minimum absolute atomic E-state index is 0.0425. The number of aryl methyl sites for hydroxylation is 1. The molecule has 0 saturated carbocycles. The predicted octanol–water partition coefficient (Wildman–Crippen LogP) is 5.74. The number of benzene rings is 3. The SMILES string of the molecule is Cc1cccnc1NC(c1ccccc1)c1cccc2ccccc12. The van der Waals surface area contributed by atoms with Crippen LogP contribution < -0.4 is 5.32 Å². The molecule has 1 unspecified atom stereocenters. The zero-order valence-electron chi connectivity index (χ0n) is 14.2. The van der Waals surface area contributed by atoms with Crippen LogP contribution in [-0.2, 0) is 0 Å². The Labute approximate surface area is 148 Å². The van der Waals surface area contributed by atoms with E-state index in [0.717, 1.165) is 11.4 Å². The van der Waals surface area contributed by atoms with Crippen LogP contribution in [0.2, 0.25) is 0 Å². The molecule has 0 aliphatic heterocycles. The molecule has 0 spiro atoms. The molecule has 2 nitrogen and oxygen atoms in total. The van der Waals surface area contributed by atoms with Crippen molar-refractivity contribution in [3.8, 4) is 0 Å². The molecule has 4 rings (SSSR count). The lowest BCUT2D eigenvalue weighted by Crippen LogP contribution is -2.14. The van der Waals surface area contributed by atoms with Crippen LogP contribution in [0.5, 0.6) is 0 Å². The summed E-state index contributed by atoms with van der Waals surface area (Å²) in [6.07, 6.45) is 1.83. The Bertz CT molecular complexity index is 988. The number of hydrogen-bond donors (Lipinski definition) is 1. The van der Waals surface area contributed by atoms with Crippen molar-refractivity contribution in [1.29, 1.82) is 0 Å². The molecule has 0 fully saturated rings. The van der Waals surface area contributed by atoms with Crippen LogP contribution in [0.1, 0.15) is 22.7 Å². The molecule has 0 saturated heterocycles. The van der Waals surface area contributed by atoms with Gasteiger partial charge in [-0.15, -0.1) is 0 Å². The molecule has 3 aromatic carbocycles. The number of aromatic nitrogens is 1. The summed E-state index contributed by atoms with van der Waals surface area (Å²) in [6.45, 7) is 2.08. The van der Waals surface area contributed by atoms with Gasteiger partial charge in [0.2, 0.25) is 0 Å². The zero-order valence-corrected chi connectivity index (χ0v) is 14.2. The standard InChI is InChI=1S/C23H20N2/c1-17-9-8-16-24-23(17)25-22(19-11-3-2-4-12-19)21-15-7-13-18-10-5-6-14-20(18)21/h2-16,22H,1H3,(H,24,25). The summed E-state index contributed by atoms with van der Waals surface area (Å²) in [5.41, 5.74) is 3.63. The molecule has 1 N–H and O–H groups in total. The Morgan fingerprint density at radius 1 is 0.760 bits per heavy atom. The first kappa shape index (κ1) is 15.4. The van der Waals surface area contributed by atoms with Crippen molar-refractivity contribution in [2.24, 2.45) is 0 Å². The van der Waals surface area contributed by atoms with Gasteiger partial charge in [0.1, 0.15) is 5.82 Å². The fourth-order valence-electron chi connectivity index (χ4n) is 3.26. The normalized spacial score (nSPS) is 12.0. The van der Waals surface area contributed by atoms with E-state index >= 15 is 0 Å². The van der Waals surface area contributed by atoms with Crippen molar-refractivity contribution in [1.82, 2.24) is 4.98 Å².